The monoisotopic (exact) mass is 205 g/mol. The first-order valence-corrected chi connectivity index (χ1v) is 4.21. The molecule has 1 aromatic carbocycles. The Kier molecular flexibility index (Phi) is 3.58. The minimum Gasteiger partial charge on any atom is -0.481 e. The smallest absolute Gasteiger partial charge is 0.307 e. The van der Waals surface area contributed by atoms with Crippen molar-refractivity contribution in [3.05, 3.63) is 41.2 Å². The van der Waals surface area contributed by atoms with Gasteiger partial charge in [-0.15, -0.1) is 0 Å². The van der Waals surface area contributed by atoms with Gasteiger partial charge < -0.3 is 5.11 Å². The summed E-state index contributed by atoms with van der Waals surface area (Å²) in [7, 11) is 0. The molecule has 0 aliphatic carbocycles. The topological polar surface area (TPSA) is 61.1 Å². The average molecular weight is 205 g/mol. The molecule has 0 atom stereocenters. The highest BCUT2D eigenvalue weighted by molar-refractivity contribution is 5.70. The van der Waals surface area contributed by atoms with E-state index in [0.29, 0.717) is 0 Å². The molecule has 0 unspecified atom stereocenters. The molecular weight excluding hydrogens is 197 g/mol. The third kappa shape index (κ3) is 3.24. The van der Waals surface area contributed by atoms with Crippen LogP contribution in [0.5, 0.6) is 0 Å². The lowest BCUT2D eigenvalue weighted by Crippen LogP contribution is -1.90. The number of carboxylic acids is 1. The zero-order valence-corrected chi connectivity index (χ0v) is 7.77. The van der Waals surface area contributed by atoms with Gasteiger partial charge >= 0.3 is 5.97 Å². The summed E-state index contributed by atoms with van der Waals surface area (Å²) in [6.07, 6.45) is 2.58. The molecule has 0 fully saturated rings. The third-order valence-corrected chi connectivity index (χ3v) is 1.72. The number of aliphatic carboxylic acids is 1. The number of nitriles is 1. The Bertz CT molecular complexity index is 446. The summed E-state index contributed by atoms with van der Waals surface area (Å²) in [5.41, 5.74) is 0.512. The molecule has 0 bridgehead atoms. The Morgan fingerprint density at radius 2 is 2.33 bits per heavy atom. The van der Waals surface area contributed by atoms with E-state index in [1.807, 2.05) is 6.07 Å². The maximum absolute atomic E-state index is 13.2. The van der Waals surface area contributed by atoms with E-state index in [0.717, 1.165) is 6.07 Å². The van der Waals surface area contributed by atoms with Crippen LogP contribution in [0, 0.1) is 17.1 Å². The molecular formula is C11H8FNO2. The number of benzene rings is 1. The summed E-state index contributed by atoms with van der Waals surface area (Å²) >= 11 is 0. The van der Waals surface area contributed by atoms with Crippen molar-refractivity contribution in [1.29, 1.82) is 5.26 Å². The highest BCUT2D eigenvalue weighted by Crippen LogP contribution is 2.11. The number of hydrogen-bond acceptors (Lipinski definition) is 2. The van der Waals surface area contributed by atoms with Gasteiger partial charge in [-0.1, -0.05) is 18.2 Å². The molecule has 0 saturated heterocycles. The van der Waals surface area contributed by atoms with Crippen LogP contribution in [0.2, 0.25) is 0 Å². The van der Waals surface area contributed by atoms with Crippen molar-refractivity contribution in [3.8, 4) is 6.07 Å². The predicted molar refractivity (Wildman–Crippen MR) is 52.4 cm³/mol. The van der Waals surface area contributed by atoms with Gasteiger partial charge in [0.05, 0.1) is 18.1 Å². The molecule has 76 valence electrons. The maximum Gasteiger partial charge on any atom is 0.307 e. The molecule has 3 nitrogen and oxygen atoms in total. The third-order valence-electron chi connectivity index (χ3n) is 1.72. The van der Waals surface area contributed by atoms with Crippen molar-refractivity contribution < 1.29 is 14.3 Å². The van der Waals surface area contributed by atoms with E-state index in [9.17, 15) is 9.18 Å². The Hall–Kier alpha value is -2.15. The first-order chi connectivity index (χ1) is 7.13. The lowest BCUT2D eigenvalue weighted by Gasteiger charge is -1.96. The molecule has 1 rings (SSSR count). The minimum absolute atomic E-state index is 0.153. The van der Waals surface area contributed by atoms with Crippen molar-refractivity contribution in [3.63, 3.8) is 0 Å². The molecule has 0 radical (unpaired) electrons. The summed E-state index contributed by atoms with van der Waals surface area (Å²) in [5, 5.41) is 16.8. The number of hydrogen-bond donors (Lipinski definition) is 1. The van der Waals surface area contributed by atoms with E-state index in [2.05, 4.69) is 0 Å². The van der Waals surface area contributed by atoms with E-state index < -0.39 is 11.8 Å². The van der Waals surface area contributed by atoms with Crippen LogP contribution in [0.3, 0.4) is 0 Å². The lowest BCUT2D eigenvalue weighted by atomic mass is 10.1. The predicted octanol–water partition coefficient (Wildman–Crippen LogP) is 2.19. The summed E-state index contributed by atoms with van der Waals surface area (Å²) < 4.78 is 13.2. The fraction of sp³-hybridized carbons (Fsp3) is 0.0909. The molecule has 0 amide bonds. The minimum atomic E-state index is -0.972. The number of rotatable bonds is 3. The first-order valence-electron chi connectivity index (χ1n) is 4.21. The second kappa shape index (κ2) is 4.91. The van der Waals surface area contributed by atoms with Crippen molar-refractivity contribution in [2.75, 3.05) is 0 Å². The molecule has 0 heterocycles. The lowest BCUT2D eigenvalue weighted by molar-refractivity contribution is -0.135. The molecule has 1 aromatic rings. The van der Waals surface area contributed by atoms with Crippen LogP contribution in [0.25, 0.3) is 6.08 Å². The summed E-state index contributed by atoms with van der Waals surface area (Å²) in [4.78, 5) is 10.2. The van der Waals surface area contributed by atoms with Gasteiger partial charge in [0.2, 0.25) is 0 Å². The molecule has 1 N–H and O–H groups in total. The van der Waals surface area contributed by atoms with Gasteiger partial charge in [0.25, 0.3) is 0 Å². The van der Waals surface area contributed by atoms with E-state index >= 15 is 0 Å². The van der Waals surface area contributed by atoms with Gasteiger partial charge in [-0.2, -0.15) is 5.26 Å². The molecule has 4 heteroatoms. The van der Waals surface area contributed by atoms with Crippen LogP contribution >= 0.6 is 0 Å². The maximum atomic E-state index is 13.2. The zero-order chi connectivity index (χ0) is 11.3. The van der Waals surface area contributed by atoms with Crippen molar-refractivity contribution in [2.45, 2.75) is 6.42 Å². The first kappa shape index (κ1) is 10.9. The van der Waals surface area contributed by atoms with Crippen molar-refractivity contribution >= 4 is 12.0 Å². The van der Waals surface area contributed by atoms with Gasteiger partial charge in [-0.25, -0.2) is 4.39 Å². The van der Waals surface area contributed by atoms with E-state index in [4.69, 9.17) is 10.4 Å². The molecule has 0 aromatic heterocycles. The van der Waals surface area contributed by atoms with Gasteiger partial charge in [-0.3, -0.25) is 4.79 Å². The second-order valence-electron chi connectivity index (χ2n) is 2.85. The summed E-state index contributed by atoms with van der Waals surface area (Å²) in [6.45, 7) is 0. The summed E-state index contributed by atoms with van der Waals surface area (Å²) in [6, 6.07) is 5.84. The molecule has 0 aliphatic heterocycles. The van der Waals surface area contributed by atoms with Crippen LogP contribution in [-0.4, -0.2) is 11.1 Å². The Balaban J connectivity index is 2.83. The molecule has 0 spiro atoms. The summed E-state index contributed by atoms with van der Waals surface area (Å²) in [5.74, 6) is -1.50. The van der Waals surface area contributed by atoms with Gasteiger partial charge in [0, 0.05) is 5.56 Å². The fourth-order valence-corrected chi connectivity index (χ4v) is 1.02. The molecule has 15 heavy (non-hydrogen) atoms. The van der Waals surface area contributed by atoms with Crippen molar-refractivity contribution in [1.82, 2.24) is 0 Å². The van der Waals surface area contributed by atoms with Gasteiger partial charge in [0.15, 0.2) is 0 Å². The highest BCUT2D eigenvalue weighted by atomic mass is 19.1. The Labute approximate surface area is 86.1 Å². The Morgan fingerprint density at radius 1 is 1.60 bits per heavy atom. The zero-order valence-electron chi connectivity index (χ0n) is 7.77. The number of nitrogens with zero attached hydrogens (tertiary/aromatic N) is 1. The van der Waals surface area contributed by atoms with Crippen LogP contribution in [-0.2, 0) is 4.79 Å². The van der Waals surface area contributed by atoms with E-state index in [-0.39, 0.29) is 17.5 Å². The number of halogens is 1. The average Bonchev–Trinajstić information content (AvgIpc) is 2.20. The fourth-order valence-electron chi connectivity index (χ4n) is 1.02. The quantitative estimate of drug-likeness (QED) is 0.822. The second-order valence-corrected chi connectivity index (χ2v) is 2.85. The van der Waals surface area contributed by atoms with E-state index in [1.165, 1.54) is 24.3 Å². The van der Waals surface area contributed by atoms with Crippen LogP contribution in [0.15, 0.2) is 24.3 Å². The Morgan fingerprint density at radius 3 is 2.87 bits per heavy atom. The number of carboxylic acid groups (broad SMARTS) is 1. The SMILES string of the molecule is N#Cc1ccc(C=CCC(=O)O)c(F)c1. The molecule has 0 saturated carbocycles. The standard InChI is InChI=1S/C11H8FNO2/c12-10-6-8(7-13)4-5-9(10)2-1-3-11(14)15/h1-2,4-6H,3H2,(H,14,15). The van der Waals surface area contributed by atoms with E-state index in [1.54, 1.807) is 0 Å². The molecule has 0 aliphatic rings. The van der Waals surface area contributed by atoms with Crippen molar-refractivity contribution in [2.24, 2.45) is 0 Å². The van der Waals surface area contributed by atoms with Gasteiger partial charge in [-0.05, 0) is 12.1 Å². The van der Waals surface area contributed by atoms with Gasteiger partial charge in [0.1, 0.15) is 5.82 Å². The normalized spacial score (nSPS) is 10.1. The number of carbonyl (C=O) groups is 1. The highest BCUT2D eigenvalue weighted by Gasteiger charge is 2.00. The van der Waals surface area contributed by atoms with Crippen LogP contribution in [0.4, 0.5) is 4.39 Å². The van der Waals surface area contributed by atoms with Crippen LogP contribution < -0.4 is 0 Å². The largest absolute Gasteiger partial charge is 0.481 e. The van der Waals surface area contributed by atoms with Crippen LogP contribution in [0.1, 0.15) is 17.5 Å².